The Balaban J connectivity index is 2.31. The third-order valence-electron chi connectivity index (χ3n) is 2.66. The summed E-state index contributed by atoms with van der Waals surface area (Å²) < 4.78 is 24.4. The lowest BCUT2D eigenvalue weighted by Gasteiger charge is -2.21. The van der Waals surface area contributed by atoms with Crippen molar-refractivity contribution in [1.29, 1.82) is 0 Å². The molecule has 1 aromatic carbocycles. The van der Waals surface area contributed by atoms with Crippen molar-refractivity contribution in [3.05, 3.63) is 23.5 Å². The van der Waals surface area contributed by atoms with E-state index in [9.17, 15) is 4.39 Å². The van der Waals surface area contributed by atoms with Crippen LogP contribution < -0.4 is 15.2 Å². The van der Waals surface area contributed by atoms with Crippen LogP contribution in [0.3, 0.4) is 0 Å². The molecular weight excluding hydrogens is 209 g/mol. The number of nitrogens with two attached hydrogens (primary N) is 1. The molecule has 3 nitrogen and oxygen atoms in total. The molecule has 2 N–H and O–H groups in total. The Kier molecular flexibility index (Phi) is 3.29. The smallest absolute Gasteiger partial charge is 0.164 e. The number of rotatable bonds is 3. The molecule has 1 unspecified atom stereocenters. The minimum absolute atomic E-state index is 0.277. The first-order valence-corrected chi connectivity index (χ1v) is 5.57. The Labute approximate surface area is 94.3 Å². The molecule has 16 heavy (non-hydrogen) atoms. The van der Waals surface area contributed by atoms with E-state index in [4.69, 9.17) is 15.2 Å². The second kappa shape index (κ2) is 4.70. The Hall–Kier alpha value is -1.29. The molecule has 0 radical (unpaired) electrons. The normalized spacial score (nSPS) is 15.9. The molecule has 2 rings (SSSR count). The molecule has 1 aliphatic rings. The third kappa shape index (κ3) is 2.11. The molecule has 0 bridgehead atoms. The first-order valence-electron chi connectivity index (χ1n) is 5.57. The quantitative estimate of drug-likeness (QED) is 0.859. The highest BCUT2D eigenvalue weighted by atomic mass is 19.1. The Bertz CT molecular complexity index is 382. The maximum Gasteiger partial charge on any atom is 0.164 e. The fourth-order valence-electron chi connectivity index (χ4n) is 1.83. The SMILES string of the molecule is CCCC(N)c1cc2c(cc1F)OCCO2. The molecule has 0 fully saturated rings. The van der Waals surface area contributed by atoms with Gasteiger partial charge in [0.25, 0.3) is 0 Å². The van der Waals surface area contributed by atoms with Gasteiger partial charge < -0.3 is 15.2 Å². The van der Waals surface area contributed by atoms with Gasteiger partial charge in [-0.1, -0.05) is 13.3 Å². The average Bonchev–Trinajstić information content (AvgIpc) is 2.28. The predicted molar refractivity (Wildman–Crippen MR) is 59.2 cm³/mol. The number of ether oxygens (including phenoxy) is 2. The lowest BCUT2D eigenvalue weighted by molar-refractivity contribution is 0.170. The van der Waals surface area contributed by atoms with Gasteiger partial charge >= 0.3 is 0 Å². The second-order valence-corrected chi connectivity index (χ2v) is 3.91. The second-order valence-electron chi connectivity index (χ2n) is 3.91. The van der Waals surface area contributed by atoms with Crippen molar-refractivity contribution >= 4 is 0 Å². The third-order valence-corrected chi connectivity index (χ3v) is 2.66. The van der Waals surface area contributed by atoms with Gasteiger partial charge in [0.05, 0.1) is 0 Å². The zero-order valence-electron chi connectivity index (χ0n) is 9.33. The lowest BCUT2D eigenvalue weighted by Crippen LogP contribution is -2.18. The standard InChI is InChI=1S/C12H16FNO2/c1-2-3-10(14)8-6-11-12(7-9(8)13)16-5-4-15-11/h6-7,10H,2-5,14H2,1H3. The minimum Gasteiger partial charge on any atom is -0.486 e. The number of hydrogen-bond donors (Lipinski definition) is 1. The molecule has 0 spiro atoms. The maximum atomic E-state index is 13.7. The highest BCUT2D eigenvalue weighted by Crippen LogP contribution is 2.34. The number of halogens is 1. The van der Waals surface area contributed by atoms with Crippen LogP contribution in [0.1, 0.15) is 31.4 Å². The molecule has 0 saturated heterocycles. The summed E-state index contributed by atoms with van der Waals surface area (Å²) in [6, 6.07) is 2.74. The van der Waals surface area contributed by atoms with E-state index >= 15 is 0 Å². The van der Waals surface area contributed by atoms with Gasteiger partial charge in [-0.25, -0.2) is 4.39 Å². The zero-order chi connectivity index (χ0) is 11.5. The fourth-order valence-corrected chi connectivity index (χ4v) is 1.83. The molecule has 4 heteroatoms. The van der Waals surface area contributed by atoms with Crippen LogP contribution in [0.25, 0.3) is 0 Å². The van der Waals surface area contributed by atoms with Crippen LogP contribution in [0, 0.1) is 5.82 Å². The number of benzene rings is 1. The van der Waals surface area contributed by atoms with Crippen molar-refractivity contribution < 1.29 is 13.9 Å². The minimum atomic E-state index is -0.315. The summed E-state index contributed by atoms with van der Waals surface area (Å²) in [5.74, 6) is 0.746. The van der Waals surface area contributed by atoms with Crippen LogP contribution in [0.2, 0.25) is 0 Å². The van der Waals surface area contributed by atoms with E-state index < -0.39 is 0 Å². The van der Waals surface area contributed by atoms with Crippen molar-refractivity contribution in [2.24, 2.45) is 5.73 Å². The van der Waals surface area contributed by atoms with Gasteiger partial charge in [-0.2, -0.15) is 0 Å². The van der Waals surface area contributed by atoms with Gasteiger partial charge in [-0.15, -0.1) is 0 Å². The van der Waals surface area contributed by atoms with E-state index in [1.807, 2.05) is 6.92 Å². The molecule has 0 aromatic heterocycles. The van der Waals surface area contributed by atoms with Crippen LogP contribution in [0.5, 0.6) is 11.5 Å². The summed E-state index contributed by atoms with van der Waals surface area (Å²) in [4.78, 5) is 0. The molecule has 1 atom stereocenters. The van der Waals surface area contributed by atoms with E-state index in [2.05, 4.69) is 0 Å². The van der Waals surface area contributed by atoms with E-state index in [0.29, 0.717) is 30.3 Å². The first-order chi connectivity index (χ1) is 7.72. The molecule has 0 aliphatic carbocycles. The summed E-state index contributed by atoms with van der Waals surface area (Å²) in [6.45, 7) is 2.99. The van der Waals surface area contributed by atoms with Gasteiger partial charge in [-0.05, 0) is 12.5 Å². The monoisotopic (exact) mass is 225 g/mol. The van der Waals surface area contributed by atoms with Crippen LogP contribution in [-0.2, 0) is 0 Å². The van der Waals surface area contributed by atoms with Crippen molar-refractivity contribution in [2.45, 2.75) is 25.8 Å². The molecular formula is C12H16FNO2. The molecule has 0 saturated carbocycles. The van der Waals surface area contributed by atoms with E-state index in [1.54, 1.807) is 6.07 Å². The molecule has 1 aromatic rings. The predicted octanol–water partition coefficient (Wildman–Crippen LogP) is 2.40. The first kappa shape index (κ1) is 11.2. The van der Waals surface area contributed by atoms with Gasteiger partial charge in [0, 0.05) is 17.7 Å². The summed E-state index contributed by atoms with van der Waals surface area (Å²) >= 11 is 0. The van der Waals surface area contributed by atoms with Crippen molar-refractivity contribution in [3.8, 4) is 11.5 Å². The van der Waals surface area contributed by atoms with Gasteiger partial charge in [0.2, 0.25) is 0 Å². The molecule has 1 heterocycles. The van der Waals surface area contributed by atoms with Crippen LogP contribution in [0.4, 0.5) is 4.39 Å². The van der Waals surface area contributed by atoms with Crippen molar-refractivity contribution in [3.63, 3.8) is 0 Å². The van der Waals surface area contributed by atoms with Crippen LogP contribution in [-0.4, -0.2) is 13.2 Å². The topological polar surface area (TPSA) is 44.5 Å². The Morgan fingerprint density at radius 1 is 1.31 bits per heavy atom. The van der Waals surface area contributed by atoms with Gasteiger partial charge in [0.15, 0.2) is 11.5 Å². The Morgan fingerprint density at radius 3 is 2.56 bits per heavy atom. The molecule has 88 valence electrons. The fraction of sp³-hybridized carbons (Fsp3) is 0.500. The number of hydrogen-bond acceptors (Lipinski definition) is 3. The molecule has 1 aliphatic heterocycles. The Morgan fingerprint density at radius 2 is 1.94 bits per heavy atom. The summed E-state index contributed by atoms with van der Waals surface area (Å²) in [6.07, 6.45) is 1.69. The van der Waals surface area contributed by atoms with E-state index in [0.717, 1.165) is 12.8 Å². The summed E-state index contributed by atoms with van der Waals surface area (Å²) in [5, 5.41) is 0. The zero-order valence-corrected chi connectivity index (χ0v) is 9.33. The largest absolute Gasteiger partial charge is 0.486 e. The van der Waals surface area contributed by atoms with Crippen molar-refractivity contribution in [2.75, 3.05) is 13.2 Å². The van der Waals surface area contributed by atoms with E-state index in [1.165, 1.54) is 6.07 Å². The highest BCUT2D eigenvalue weighted by molar-refractivity contribution is 5.45. The average molecular weight is 225 g/mol. The van der Waals surface area contributed by atoms with Crippen LogP contribution in [0.15, 0.2) is 12.1 Å². The van der Waals surface area contributed by atoms with E-state index in [-0.39, 0.29) is 11.9 Å². The van der Waals surface area contributed by atoms with Crippen LogP contribution >= 0.6 is 0 Å². The summed E-state index contributed by atoms with van der Waals surface area (Å²) in [5.41, 5.74) is 6.41. The van der Waals surface area contributed by atoms with Crippen molar-refractivity contribution in [1.82, 2.24) is 0 Å². The van der Waals surface area contributed by atoms with Gasteiger partial charge in [0.1, 0.15) is 19.0 Å². The lowest BCUT2D eigenvalue weighted by atomic mass is 10.0. The highest BCUT2D eigenvalue weighted by Gasteiger charge is 2.18. The molecule has 0 amide bonds. The maximum absolute atomic E-state index is 13.7. The number of fused-ring (bicyclic) bond motifs is 1. The summed E-state index contributed by atoms with van der Waals surface area (Å²) in [7, 11) is 0. The van der Waals surface area contributed by atoms with Gasteiger partial charge in [-0.3, -0.25) is 0 Å².